The lowest BCUT2D eigenvalue weighted by Gasteiger charge is -2.34. The zero-order chi connectivity index (χ0) is 17.5. The smallest absolute Gasteiger partial charge is 0.246 e. The molecule has 0 aromatic heterocycles. The van der Waals surface area contributed by atoms with Gasteiger partial charge in [0.1, 0.15) is 6.61 Å². The molecular weight excluding hydrogens is 320 g/mol. The fourth-order valence-electron chi connectivity index (χ4n) is 4.17. The van der Waals surface area contributed by atoms with E-state index in [-0.39, 0.29) is 30.6 Å². The highest BCUT2D eigenvalue weighted by Crippen LogP contribution is 2.27. The third-order valence-electron chi connectivity index (χ3n) is 5.69. The molecule has 3 rings (SSSR count). The largest absolute Gasteiger partial charge is 0.376 e. The monoisotopic (exact) mass is 352 g/mol. The van der Waals surface area contributed by atoms with E-state index < -0.39 is 0 Å². The van der Waals surface area contributed by atoms with Gasteiger partial charge < -0.3 is 19.7 Å². The molecule has 3 aliphatic rings. The van der Waals surface area contributed by atoms with Gasteiger partial charge in [0.05, 0.1) is 12.7 Å². The molecule has 1 saturated carbocycles. The number of nitrogens with one attached hydrogen (secondary N) is 1. The Morgan fingerprint density at radius 2 is 1.72 bits per heavy atom. The van der Waals surface area contributed by atoms with Crippen molar-refractivity contribution >= 4 is 11.8 Å². The predicted octanol–water partition coefficient (Wildman–Crippen LogP) is 1.87. The van der Waals surface area contributed by atoms with Crippen molar-refractivity contribution in [3.05, 3.63) is 0 Å². The number of likely N-dealkylation sites (tertiary alicyclic amines) is 1. The molecule has 6 nitrogen and oxygen atoms in total. The molecule has 142 valence electrons. The minimum Gasteiger partial charge on any atom is -0.376 e. The molecule has 0 bridgehead atoms. The minimum absolute atomic E-state index is 0.0589. The molecule has 0 radical (unpaired) electrons. The standard InChI is InChI=1S/C19H32N2O4/c22-18(14-24-13-17-7-3-4-12-25-17)20-16-8-10-21(11-9-16)19(23)15-5-1-2-6-15/h15-17H,1-14H2,(H,20,22)/t17-/m0/s1. The van der Waals surface area contributed by atoms with Crippen LogP contribution in [0.4, 0.5) is 0 Å². The zero-order valence-electron chi connectivity index (χ0n) is 15.2. The van der Waals surface area contributed by atoms with Crippen LogP contribution in [-0.2, 0) is 19.1 Å². The van der Waals surface area contributed by atoms with Crippen molar-refractivity contribution < 1.29 is 19.1 Å². The molecule has 25 heavy (non-hydrogen) atoms. The van der Waals surface area contributed by atoms with E-state index in [0.717, 1.165) is 58.2 Å². The van der Waals surface area contributed by atoms with Crippen LogP contribution in [-0.4, -0.2) is 61.8 Å². The molecule has 0 aromatic rings. The molecule has 2 saturated heterocycles. The van der Waals surface area contributed by atoms with E-state index in [4.69, 9.17) is 9.47 Å². The quantitative estimate of drug-likeness (QED) is 0.792. The predicted molar refractivity (Wildman–Crippen MR) is 94.1 cm³/mol. The molecular formula is C19H32N2O4. The van der Waals surface area contributed by atoms with Gasteiger partial charge in [-0.05, 0) is 44.9 Å². The maximum Gasteiger partial charge on any atom is 0.246 e. The van der Waals surface area contributed by atoms with E-state index in [1.807, 2.05) is 4.90 Å². The lowest BCUT2D eigenvalue weighted by molar-refractivity contribution is -0.136. The minimum atomic E-state index is -0.0589. The molecule has 2 heterocycles. The fourth-order valence-corrected chi connectivity index (χ4v) is 4.17. The first-order valence-corrected chi connectivity index (χ1v) is 10.00. The van der Waals surface area contributed by atoms with E-state index >= 15 is 0 Å². The number of piperidine rings is 1. The summed E-state index contributed by atoms with van der Waals surface area (Å²) in [4.78, 5) is 26.4. The van der Waals surface area contributed by atoms with Gasteiger partial charge in [0.25, 0.3) is 0 Å². The molecule has 0 unspecified atom stereocenters. The Bertz CT molecular complexity index is 437. The normalized spacial score (nSPS) is 25.9. The number of hydrogen-bond donors (Lipinski definition) is 1. The van der Waals surface area contributed by atoms with Gasteiger partial charge in [-0.25, -0.2) is 0 Å². The first-order valence-electron chi connectivity index (χ1n) is 10.00. The van der Waals surface area contributed by atoms with Crippen molar-refractivity contribution in [2.75, 3.05) is 32.9 Å². The Balaban J connectivity index is 1.28. The summed E-state index contributed by atoms with van der Waals surface area (Å²) < 4.78 is 11.1. The van der Waals surface area contributed by atoms with Crippen LogP contribution in [0.3, 0.4) is 0 Å². The Morgan fingerprint density at radius 1 is 1.00 bits per heavy atom. The summed E-state index contributed by atoms with van der Waals surface area (Å²) in [6.07, 6.45) is 9.64. The van der Waals surface area contributed by atoms with Crippen molar-refractivity contribution in [2.24, 2.45) is 5.92 Å². The summed E-state index contributed by atoms with van der Waals surface area (Å²) in [5.41, 5.74) is 0. The van der Waals surface area contributed by atoms with Crippen molar-refractivity contribution in [3.8, 4) is 0 Å². The highest BCUT2D eigenvalue weighted by Gasteiger charge is 2.30. The number of rotatable bonds is 6. The van der Waals surface area contributed by atoms with Crippen LogP contribution in [0.15, 0.2) is 0 Å². The molecule has 1 N–H and O–H groups in total. The van der Waals surface area contributed by atoms with E-state index in [0.29, 0.717) is 12.5 Å². The van der Waals surface area contributed by atoms with Crippen molar-refractivity contribution in [1.29, 1.82) is 0 Å². The van der Waals surface area contributed by atoms with Gasteiger partial charge in [-0.1, -0.05) is 12.8 Å². The lowest BCUT2D eigenvalue weighted by atomic mass is 10.0. The van der Waals surface area contributed by atoms with Crippen LogP contribution < -0.4 is 5.32 Å². The highest BCUT2D eigenvalue weighted by molar-refractivity contribution is 5.79. The first-order chi connectivity index (χ1) is 12.2. The second-order valence-corrected chi connectivity index (χ2v) is 7.65. The topological polar surface area (TPSA) is 67.9 Å². The van der Waals surface area contributed by atoms with Gasteiger partial charge in [-0.2, -0.15) is 0 Å². The van der Waals surface area contributed by atoms with E-state index in [9.17, 15) is 9.59 Å². The molecule has 6 heteroatoms. The van der Waals surface area contributed by atoms with Crippen LogP contribution in [0.2, 0.25) is 0 Å². The number of ether oxygens (including phenoxy) is 2. The summed E-state index contributed by atoms with van der Waals surface area (Å²) in [7, 11) is 0. The second kappa shape index (κ2) is 9.53. The number of amides is 2. The second-order valence-electron chi connectivity index (χ2n) is 7.65. The van der Waals surface area contributed by atoms with Crippen LogP contribution >= 0.6 is 0 Å². The maximum atomic E-state index is 12.4. The Morgan fingerprint density at radius 3 is 2.40 bits per heavy atom. The molecule has 2 aliphatic heterocycles. The van der Waals surface area contributed by atoms with E-state index in [1.165, 1.54) is 19.3 Å². The van der Waals surface area contributed by atoms with Crippen LogP contribution in [0.1, 0.15) is 57.8 Å². The molecule has 3 fully saturated rings. The first kappa shape index (κ1) is 18.6. The number of carbonyl (C=O) groups excluding carboxylic acids is 2. The van der Waals surface area contributed by atoms with E-state index in [1.54, 1.807) is 0 Å². The van der Waals surface area contributed by atoms with Crippen molar-refractivity contribution in [1.82, 2.24) is 10.2 Å². The highest BCUT2D eigenvalue weighted by atomic mass is 16.5. The third kappa shape index (κ3) is 5.68. The lowest BCUT2D eigenvalue weighted by Crippen LogP contribution is -2.48. The number of carbonyl (C=O) groups is 2. The Kier molecular flexibility index (Phi) is 7.11. The van der Waals surface area contributed by atoms with Crippen molar-refractivity contribution in [2.45, 2.75) is 69.9 Å². The SMILES string of the molecule is O=C(COC[C@@H]1CCCCO1)NC1CCN(C(=O)C2CCCC2)CC1. The average Bonchev–Trinajstić information content (AvgIpc) is 3.17. The summed E-state index contributed by atoms with van der Waals surface area (Å²) in [6.45, 7) is 2.93. The molecule has 2 amide bonds. The molecule has 0 spiro atoms. The number of nitrogens with zero attached hydrogens (tertiary/aromatic N) is 1. The van der Waals surface area contributed by atoms with Gasteiger partial charge in [0.15, 0.2) is 0 Å². The van der Waals surface area contributed by atoms with E-state index in [2.05, 4.69) is 5.32 Å². The Hall–Kier alpha value is -1.14. The Labute approximate surface area is 150 Å². The van der Waals surface area contributed by atoms with Gasteiger partial charge in [-0.15, -0.1) is 0 Å². The van der Waals surface area contributed by atoms with Crippen LogP contribution in [0.25, 0.3) is 0 Å². The summed E-state index contributed by atoms with van der Waals surface area (Å²) in [5.74, 6) is 0.524. The van der Waals surface area contributed by atoms with Gasteiger partial charge >= 0.3 is 0 Å². The summed E-state index contributed by atoms with van der Waals surface area (Å²) in [5, 5.41) is 3.04. The fraction of sp³-hybridized carbons (Fsp3) is 0.895. The summed E-state index contributed by atoms with van der Waals surface area (Å²) >= 11 is 0. The van der Waals surface area contributed by atoms with Crippen LogP contribution in [0.5, 0.6) is 0 Å². The van der Waals surface area contributed by atoms with Crippen LogP contribution in [0, 0.1) is 5.92 Å². The van der Waals surface area contributed by atoms with Gasteiger partial charge in [-0.3, -0.25) is 9.59 Å². The maximum absolute atomic E-state index is 12.4. The van der Waals surface area contributed by atoms with Crippen molar-refractivity contribution in [3.63, 3.8) is 0 Å². The molecule has 1 atom stereocenters. The summed E-state index contributed by atoms with van der Waals surface area (Å²) in [6, 6.07) is 0.162. The van der Waals surface area contributed by atoms with Gasteiger partial charge in [0, 0.05) is 31.7 Å². The average molecular weight is 352 g/mol. The third-order valence-corrected chi connectivity index (χ3v) is 5.69. The zero-order valence-corrected chi connectivity index (χ0v) is 15.2. The molecule has 1 aliphatic carbocycles. The molecule has 0 aromatic carbocycles. The number of hydrogen-bond acceptors (Lipinski definition) is 4. The van der Waals surface area contributed by atoms with Gasteiger partial charge in [0.2, 0.25) is 11.8 Å².